The van der Waals surface area contributed by atoms with E-state index in [0.29, 0.717) is 0 Å². The lowest BCUT2D eigenvalue weighted by molar-refractivity contribution is 0.814. The third-order valence-corrected chi connectivity index (χ3v) is 2.41. The second-order valence-electron chi connectivity index (χ2n) is 3.83. The summed E-state index contributed by atoms with van der Waals surface area (Å²) in [7, 11) is 0. The minimum atomic E-state index is 0.722. The zero-order chi connectivity index (χ0) is 12.3. The van der Waals surface area contributed by atoms with Gasteiger partial charge in [-0.25, -0.2) is 19.6 Å². The summed E-state index contributed by atoms with van der Waals surface area (Å²) >= 11 is 0. The van der Waals surface area contributed by atoms with Crippen molar-refractivity contribution in [3.63, 3.8) is 0 Å². The molecule has 1 N–H and O–H groups in total. The van der Waals surface area contributed by atoms with E-state index in [1.165, 1.54) is 6.33 Å². The predicted molar refractivity (Wildman–Crippen MR) is 65.2 cm³/mol. The molecule has 0 unspecified atom stereocenters. The van der Waals surface area contributed by atoms with Crippen LogP contribution in [-0.2, 0) is 0 Å². The van der Waals surface area contributed by atoms with E-state index in [0.717, 1.165) is 36.0 Å². The number of hydrogen-bond acceptors (Lipinski definition) is 5. The van der Waals surface area contributed by atoms with E-state index < -0.39 is 0 Å². The van der Waals surface area contributed by atoms with Gasteiger partial charge in [0, 0.05) is 12.1 Å². The molecule has 0 radical (unpaired) electrons. The lowest BCUT2D eigenvalue weighted by atomic mass is 10.3. The van der Waals surface area contributed by atoms with Crippen molar-refractivity contribution >= 4 is 5.82 Å². The Morgan fingerprint density at radius 3 is 2.76 bits per heavy atom. The highest BCUT2D eigenvalue weighted by atomic mass is 15.3. The number of rotatable bonds is 4. The van der Waals surface area contributed by atoms with Crippen LogP contribution >= 0.6 is 0 Å². The first-order chi connectivity index (χ1) is 8.22. The van der Waals surface area contributed by atoms with Crippen molar-refractivity contribution in [2.24, 2.45) is 0 Å². The summed E-state index contributed by atoms with van der Waals surface area (Å²) in [6, 6.07) is 0. The lowest BCUT2D eigenvalue weighted by Crippen LogP contribution is -2.10. The van der Waals surface area contributed by atoms with Gasteiger partial charge in [0.15, 0.2) is 5.82 Å². The Morgan fingerprint density at radius 2 is 2.12 bits per heavy atom. The Hall–Kier alpha value is -1.98. The van der Waals surface area contributed by atoms with Crippen LogP contribution in [-0.4, -0.2) is 31.3 Å². The fraction of sp³-hybridized carbons (Fsp3) is 0.455. The summed E-state index contributed by atoms with van der Waals surface area (Å²) in [6.45, 7) is 6.87. The third-order valence-electron chi connectivity index (χ3n) is 2.41. The molecule has 0 aliphatic carbocycles. The molecule has 0 aliphatic rings. The quantitative estimate of drug-likeness (QED) is 0.865. The van der Waals surface area contributed by atoms with Crippen LogP contribution in [0, 0.1) is 13.8 Å². The average Bonchev–Trinajstić information content (AvgIpc) is 2.83. The number of aryl methyl sites for hydroxylation is 1. The molecule has 0 saturated carbocycles. The van der Waals surface area contributed by atoms with Gasteiger partial charge in [0.25, 0.3) is 0 Å². The Balaban J connectivity index is 2.42. The van der Waals surface area contributed by atoms with Gasteiger partial charge in [-0.2, -0.15) is 5.10 Å². The van der Waals surface area contributed by atoms with Gasteiger partial charge >= 0.3 is 0 Å². The van der Waals surface area contributed by atoms with Crippen LogP contribution in [0.15, 0.2) is 12.7 Å². The number of aromatic nitrogens is 5. The Morgan fingerprint density at radius 1 is 1.29 bits per heavy atom. The summed E-state index contributed by atoms with van der Waals surface area (Å²) in [5.41, 5.74) is 0.981. The molecule has 0 fully saturated rings. The summed E-state index contributed by atoms with van der Waals surface area (Å²) in [6.07, 6.45) is 4.19. The molecule has 0 amide bonds. The summed E-state index contributed by atoms with van der Waals surface area (Å²) < 4.78 is 1.65. The maximum Gasteiger partial charge on any atom is 0.163 e. The molecule has 0 aromatic carbocycles. The minimum Gasteiger partial charge on any atom is -0.370 e. The fourth-order valence-corrected chi connectivity index (χ4v) is 1.57. The van der Waals surface area contributed by atoms with E-state index in [-0.39, 0.29) is 0 Å². The van der Waals surface area contributed by atoms with Crippen molar-refractivity contribution in [3.05, 3.63) is 24.0 Å². The smallest absolute Gasteiger partial charge is 0.163 e. The number of hydrogen-bond donors (Lipinski definition) is 1. The second kappa shape index (κ2) is 4.90. The maximum atomic E-state index is 4.40. The van der Waals surface area contributed by atoms with E-state index in [1.807, 2.05) is 13.8 Å². The molecule has 0 aliphatic heterocycles. The first kappa shape index (κ1) is 11.5. The van der Waals surface area contributed by atoms with Gasteiger partial charge < -0.3 is 5.32 Å². The molecule has 90 valence electrons. The van der Waals surface area contributed by atoms with Crippen molar-refractivity contribution in [1.29, 1.82) is 0 Å². The monoisotopic (exact) mass is 232 g/mol. The van der Waals surface area contributed by atoms with Crippen LogP contribution in [0.1, 0.15) is 24.7 Å². The Labute approximate surface area is 100 Å². The SMILES string of the molecule is CCCNc1nc(C)nc(-n2cncn2)c1C. The molecule has 2 aromatic rings. The van der Waals surface area contributed by atoms with Crippen LogP contribution < -0.4 is 5.32 Å². The van der Waals surface area contributed by atoms with Gasteiger partial charge in [0.1, 0.15) is 24.3 Å². The van der Waals surface area contributed by atoms with Gasteiger partial charge in [-0.15, -0.1) is 0 Å². The molecular weight excluding hydrogens is 216 g/mol. The van der Waals surface area contributed by atoms with Crippen LogP contribution in [0.3, 0.4) is 0 Å². The molecule has 0 saturated heterocycles. The summed E-state index contributed by atoms with van der Waals surface area (Å²) in [4.78, 5) is 12.7. The van der Waals surface area contributed by atoms with Crippen LogP contribution in [0.2, 0.25) is 0 Å². The highest BCUT2D eigenvalue weighted by molar-refractivity contribution is 5.51. The van der Waals surface area contributed by atoms with E-state index in [4.69, 9.17) is 0 Å². The lowest BCUT2D eigenvalue weighted by Gasteiger charge is -2.11. The van der Waals surface area contributed by atoms with E-state index >= 15 is 0 Å². The molecule has 2 rings (SSSR count). The molecular formula is C11H16N6. The van der Waals surface area contributed by atoms with Gasteiger partial charge in [0.05, 0.1) is 0 Å². The highest BCUT2D eigenvalue weighted by Gasteiger charge is 2.10. The normalized spacial score (nSPS) is 10.5. The van der Waals surface area contributed by atoms with Crippen molar-refractivity contribution in [2.45, 2.75) is 27.2 Å². The molecule has 2 aromatic heterocycles. The van der Waals surface area contributed by atoms with E-state index in [9.17, 15) is 0 Å². The molecule has 0 bridgehead atoms. The van der Waals surface area contributed by atoms with Gasteiger partial charge in [-0.1, -0.05) is 6.92 Å². The van der Waals surface area contributed by atoms with Crippen LogP contribution in [0.5, 0.6) is 0 Å². The number of nitrogens with one attached hydrogen (secondary N) is 1. The second-order valence-corrected chi connectivity index (χ2v) is 3.83. The standard InChI is InChI=1S/C11H16N6/c1-4-5-13-10-8(2)11(16-9(3)15-10)17-7-12-6-14-17/h6-7H,4-5H2,1-3H3,(H,13,15,16). The summed E-state index contributed by atoms with van der Waals surface area (Å²) in [5.74, 6) is 2.36. The Bertz CT molecular complexity index is 491. The third kappa shape index (κ3) is 2.41. The molecule has 0 atom stereocenters. The van der Waals surface area contributed by atoms with Crippen molar-refractivity contribution in [3.8, 4) is 5.82 Å². The van der Waals surface area contributed by atoms with Crippen LogP contribution in [0.25, 0.3) is 5.82 Å². The zero-order valence-corrected chi connectivity index (χ0v) is 10.3. The number of nitrogens with zero attached hydrogens (tertiary/aromatic N) is 5. The first-order valence-electron chi connectivity index (χ1n) is 5.66. The van der Waals surface area contributed by atoms with Crippen LogP contribution in [0.4, 0.5) is 5.82 Å². The molecule has 2 heterocycles. The predicted octanol–water partition coefficient (Wildman–Crippen LogP) is 1.50. The largest absolute Gasteiger partial charge is 0.370 e. The topological polar surface area (TPSA) is 68.5 Å². The zero-order valence-electron chi connectivity index (χ0n) is 10.3. The highest BCUT2D eigenvalue weighted by Crippen LogP contribution is 2.17. The number of anilines is 1. The van der Waals surface area contributed by atoms with Crippen molar-refractivity contribution < 1.29 is 0 Å². The average molecular weight is 232 g/mol. The summed E-state index contributed by atoms with van der Waals surface area (Å²) in [5, 5.41) is 7.39. The Kier molecular flexibility index (Phi) is 3.32. The van der Waals surface area contributed by atoms with Gasteiger partial charge in [-0.05, 0) is 20.3 Å². The van der Waals surface area contributed by atoms with Gasteiger partial charge in [0.2, 0.25) is 0 Å². The minimum absolute atomic E-state index is 0.722. The molecule has 6 heteroatoms. The first-order valence-corrected chi connectivity index (χ1v) is 5.66. The fourth-order valence-electron chi connectivity index (χ4n) is 1.57. The van der Waals surface area contributed by atoms with Crippen molar-refractivity contribution in [2.75, 3.05) is 11.9 Å². The molecule has 17 heavy (non-hydrogen) atoms. The molecule has 6 nitrogen and oxygen atoms in total. The van der Waals surface area contributed by atoms with Crippen molar-refractivity contribution in [1.82, 2.24) is 24.7 Å². The van der Waals surface area contributed by atoms with E-state index in [2.05, 4.69) is 32.3 Å². The van der Waals surface area contributed by atoms with E-state index in [1.54, 1.807) is 11.0 Å². The maximum absolute atomic E-state index is 4.40. The van der Waals surface area contributed by atoms with Gasteiger partial charge in [-0.3, -0.25) is 0 Å². The molecule has 0 spiro atoms.